The molecule has 0 fully saturated rings. The van der Waals surface area contributed by atoms with E-state index < -0.39 is 0 Å². The fourth-order valence-electron chi connectivity index (χ4n) is 2.60. The Morgan fingerprint density at radius 3 is 3.00 bits per heavy atom. The smallest absolute Gasteiger partial charge is 0.146 e. The zero-order valence-corrected chi connectivity index (χ0v) is 13.6. The van der Waals surface area contributed by atoms with Crippen molar-refractivity contribution in [1.29, 1.82) is 0 Å². The Hall–Kier alpha value is -0.620. The third-order valence-corrected chi connectivity index (χ3v) is 5.51. The van der Waals surface area contributed by atoms with Crippen LogP contribution in [-0.2, 0) is 6.42 Å². The zero-order valence-electron chi connectivity index (χ0n) is 10.7. The number of nitrogens with one attached hydrogen (secondary N) is 1. The van der Waals surface area contributed by atoms with E-state index in [9.17, 15) is 4.39 Å². The molecule has 1 heterocycles. The van der Waals surface area contributed by atoms with Crippen molar-refractivity contribution in [2.75, 3.05) is 5.32 Å². The fraction of sp³-hybridized carbons (Fsp3) is 0.333. The van der Waals surface area contributed by atoms with Gasteiger partial charge in [0.05, 0.1) is 14.6 Å². The number of thiophene rings is 1. The highest BCUT2D eigenvalue weighted by Gasteiger charge is 2.23. The van der Waals surface area contributed by atoms with Crippen molar-refractivity contribution in [3.63, 3.8) is 0 Å². The largest absolute Gasteiger partial charge is 0.376 e. The first-order chi connectivity index (χ1) is 9.13. The Morgan fingerprint density at radius 2 is 2.21 bits per heavy atom. The van der Waals surface area contributed by atoms with Gasteiger partial charge in [0.1, 0.15) is 5.82 Å². The van der Waals surface area contributed by atoms with E-state index in [2.05, 4.69) is 34.0 Å². The first kappa shape index (κ1) is 13.4. The summed E-state index contributed by atoms with van der Waals surface area (Å²) in [6.07, 6.45) is 3.42. The number of hydrogen-bond donors (Lipinski definition) is 1. The summed E-state index contributed by atoms with van der Waals surface area (Å²) in [5, 5.41) is 3.37. The van der Waals surface area contributed by atoms with Crippen molar-refractivity contribution in [2.45, 2.75) is 32.2 Å². The summed E-state index contributed by atoms with van der Waals surface area (Å²) >= 11 is 4.23. The van der Waals surface area contributed by atoms with Crippen molar-refractivity contribution in [1.82, 2.24) is 0 Å². The second kappa shape index (κ2) is 5.40. The predicted octanol–water partition coefficient (Wildman–Crippen LogP) is 5.29. The Bertz CT molecular complexity index is 608. The van der Waals surface area contributed by atoms with Crippen LogP contribution in [-0.4, -0.2) is 0 Å². The highest BCUT2D eigenvalue weighted by Crippen LogP contribution is 2.38. The Morgan fingerprint density at radius 1 is 1.37 bits per heavy atom. The van der Waals surface area contributed by atoms with E-state index in [1.54, 1.807) is 6.07 Å². The molecule has 1 aromatic carbocycles. The van der Waals surface area contributed by atoms with Gasteiger partial charge in [0.15, 0.2) is 0 Å². The van der Waals surface area contributed by atoms with Crippen molar-refractivity contribution in [3.05, 3.63) is 49.0 Å². The molecule has 1 nitrogen and oxygen atoms in total. The molecule has 100 valence electrons. The minimum Gasteiger partial charge on any atom is -0.376 e. The minimum atomic E-state index is -0.156. The molecule has 3 rings (SSSR count). The summed E-state index contributed by atoms with van der Waals surface area (Å²) in [7, 11) is 0. The van der Waals surface area contributed by atoms with Gasteiger partial charge in [0.25, 0.3) is 0 Å². The molecule has 4 heteroatoms. The topological polar surface area (TPSA) is 12.0 Å². The molecule has 1 aliphatic rings. The van der Waals surface area contributed by atoms with Crippen LogP contribution in [0.25, 0.3) is 0 Å². The number of halogens is 2. The van der Waals surface area contributed by atoms with Crippen molar-refractivity contribution >= 4 is 39.6 Å². The number of hydrogen-bond acceptors (Lipinski definition) is 2. The van der Waals surface area contributed by atoms with Gasteiger partial charge in [-0.1, -0.05) is 6.07 Å². The van der Waals surface area contributed by atoms with E-state index in [1.807, 2.05) is 30.4 Å². The highest BCUT2D eigenvalue weighted by atomic mass is 127. The summed E-state index contributed by atoms with van der Waals surface area (Å²) in [6.45, 7) is 1.91. The second-order valence-corrected chi connectivity index (χ2v) is 8.03. The van der Waals surface area contributed by atoms with E-state index in [1.165, 1.54) is 19.7 Å². The first-order valence-corrected chi connectivity index (χ1v) is 8.34. The average molecular weight is 387 g/mol. The number of anilines is 1. The van der Waals surface area contributed by atoms with E-state index in [4.69, 9.17) is 0 Å². The van der Waals surface area contributed by atoms with Gasteiger partial charge in [0, 0.05) is 4.88 Å². The number of aryl methyl sites for hydroxylation is 2. The molecule has 19 heavy (non-hydrogen) atoms. The van der Waals surface area contributed by atoms with Gasteiger partial charge in [-0.05, 0) is 78.1 Å². The number of rotatable bonds is 2. The fourth-order valence-corrected chi connectivity index (χ4v) is 4.72. The summed E-state index contributed by atoms with van der Waals surface area (Å²) in [5.74, 6) is -0.156. The molecule has 1 aromatic heterocycles. The van der Waals surface area contributed by atoms with Crippen molar-refractivity contribution in [3.8, 4) is 0 Å². The van der Waals surface area contributed by atoms with Crippen LogP contribution in [0.3, 0.4) is 0 Å². The van der Waals surface area contributed by atoms with E-state index in [-0.39, 0.29) is 11.9 Å². The molecule has 0 saturated carbocycles. The molecule has 0 spiro atoms. The first-order valence-electron chi connectivity index (χ1n) is 6.44. The SMILES string of the molecule is Cc1ccc(NC2CCCc3sc(I)cc32)c(F)c1. The van der Waals surface area contributed by atoms with E-state index in [0.717, 1.165) is 18.4 Å². The van der Waals surface area contributed by atoms with Crippen molar-refractivity contribution in [2.24, 2.45) is 0 Å². The molecule has 0 saturated heterocycles. The molecule has 1 aliphatic carbocycles. The molecule has 0 bridgehead atoms. The molecular weight excluding hydrogens is 372 g/mol. The van der Waals surface area contributed by atoms with Crippen LogP contribution in [0.1, 0.15) is 34.9 Å². The van der Waals surface area contributed by atoms with Gasteiger partial charge < -0.3 is 5.32 Å². The lowest BCUT2D eigenvalue weighted by molar-refractivity contribution is 0.592. The molecule has 0 aliphatic heterocycles. The quantitative estimate of drug-likeness (QED) is 0.691. The zero-order chi connectivity index (χ0) is 13.4. The number of fused-ring (bicyclic) bond motifs is 1. The molecule has 1 atom stereocenters. The van der Waals surface area contributed by atoms with E-state index in [0.29, 0.717) is 5.69 Å². The normalized spacial score (nSPS) is 18.2. The van der Waals surface area contributed by atoms with Crippen LogP contribution < -0.4 is 5.32 Å². The number of benzene rings is 1. The van der Waals surface area contributed by atoms with Gasteiger partial charge >= 0.3 is 0 Å². The standard InChI is InChI=1S/C15H15FINS/c1-9-5-6-13(11(16)7-9)18-12-3-2-4-14-10(12)8-15(17)19-14/h5-8,12,18H,2-4H2,1H3. The van der Waals surface area contributed by atoms with Crippen LogP contribution in [0.15, 0.2) is 24.3 Å². The summed E-state index contributed by atoms with van der Waals surface area (Å²) < 4.78 is 15.2. The molecule has 1 N–H and O–H groups in total. The maximum absolute atomic E-state index is 13.9. The minimum absolute atomic E-state index is 0.156. The highest BCUT2D eigenvalue weighted by molar-refractivity contribution is 14.1. The van der Waals surface area contributed by atoms with Crippen LogP contribution in [0.2, 0.25) is 0 Å². The Balaban J connectivity index is 1.88. The Kier molecular flexibility index (Phi) is 3.80. The summed E-state index contributed by atoms with van der Waals surface area (Å²) in [6, 6.07) is 7.87. The lowest BCUT2D eigenvalue weighted by atomic mass is 9.94. The van der Waals surface area contributed by atoms with E-state index >= 15 is 0 Å². The molecule has 0 radical (unpaired) electrons. The van der Waals surface area contributed by atoms with Crippen molar-refractivity contribution < 1.29 is 4.39 Å². The predicted molar refractivity (Wildman–Crippen MR) is 87.5 cm³/mol. The van der Waals surface area contributed by atoms with Crippen LogP contribution >= 0.6 is 33.9 Å². The van der Waals surface area contributed by atoms with Crippen LogP contribution in [0.4, 0.5) is 10.1 Å². The maximum Gasteiger partial charge on any atom is 0.146 e. The van der Waals surface area contributed by atoms with Gasteiger partial charge in [-0.15, -0.1) is 11.3 Å². The lowest BCUT2D eigenvalue weighted by Crippen LogP contribution is -2.16. The summed E-state index contributed by atoms with van der Waals surface area (Å²) in [5.41, 5.74) is 2.93. The molecule has 1 unspecified atom stereocenters. The third-order valence-electron chi connectivity index (χ3n) is 3.54. The second-order valence-electron chi connectivity index (χ2n) is 5.00. The lowest BCUT2D eigenvalue weighted by Gasteiger charge is -2.25. The van der Waals surface area contributed by atoms with Gasteiger partial charge in [0.2, 0.25) is 0 Å². The Labute approximate surface area is 130 Å². The van der Waals surface area contributed by atoms with Gasteiger partial charge in [-0.25, -0.2) is 4.39 Å². The third kappa shape index (κ3) is 2.79. The van der Waals surface area contributed by atoms with Gasteiger partial charge in [-0.3, -0.25) is 0 Å². The molecule has 0 amide bonds. The molecular formula is C15H15FINS. The van der Waals surface area contributed by atoms with Gasteiger partial charge in [-0.2, -0.15) is 0 Å². The maximum atomic E-state index is 13.9. The molecule has 2 aromatic rings. The average Bonchev–Trinajstić information content (AvgIpc) is 2.74. The monoisotopic (exact) mass is 387 g/mol. The van der Waals surface area contributed by atoms with Crippen LogP contribution in [0.5, 0.6) is 0 Å². The van der Waals surface area contributed by atoms with Crippen LogP contribution in [0, 0.1) is 15.6 Å². The summed E-state index contributed by atoms with van der Waals surface area (Å²) in [4.78, 5) is 1.46.